The van der Waals surface area contributed by atoms with E-state index in [0.717, 1.165) is 5.56 Å². The van der Waals surface area contributed by atoms with E-state index in [2.05, 4.69) is 10.6 Å². The van der Waals surface area contributed by atoms with E-state index in [0.29, 0.717) is 38.6 Å². The Morgan fingerprint density at radius 1 is 1.04 bits per heavy atom. The summed E-state index contributed by atoms with van der Waals surface area (Å²) in [4.78, 5) is 70.5. The number of likely N-dealkylation sites (N-methyl/N-ethyl adjacent to an activating group) is 1. The minimum absolute atomic E-state index is 0.0220. The zero-order valence-corrected chi connectivity index (χ0v) is 32.8. The minimum Gasteiger partial charge on any atom is -0.480 e. The molecule has 13 nitrogen and oxygen atoms in total. The number of nitrogens with zero attached hydrogens (tertiary/aromatic N) is 2. The molecule has 0 aromatic heterocycles. The van der Waals surface area contributed by atoms with Crippen molar-refractivity contribution in [3.05, 3.63) is 35.9 Å². The van der Waals surface area contributed by atoms with Gasteiger partial charge < -0.3 is 40.7 Å². The molecule has 292 valence electrons. The molecule has 0 unspecified atom stereocenters. The Morgan fingerprint density at radius 3 is 2.13 bits per heavy atom. The summed E-state index contributed by atoms with van der Waals surface area (Å²) in [5.74, 6) is -3.51. The highest BCUT2D eigenvalue weighted by Gasteiger charge is 2.55. The van der Waals surface area contributed by atoms with Gasteiger partial charge in [0.1, 0.15) is 12.1 Å². The van der Waals surface area contributed by atoms with E-state index in [-0.39, 0.29) is 30.1 Å². The van der Waals surface area contributed by atoms with Crippen LogP contribution in [0.15, 0.2) is 30.3 Å². The van der Waals surface area contributed by atoms with Gasteiger partial charge in [0.2, 0.25) is 23.6 Å². The van der Waals surface area contributed by atoms with Gasteiger partial charge in [-0.05, 0) is 56.9 Å². The van der Waals surface area contributed by atoms with Gasteiger partial charge in [-0.3, -0.25) is 19.2 Å². The van der Waals surface area contributed by atoms with E-state index < -0.39 is 71.0 Å². The fourth-order valence-corrected chi connectivity index (χ4v) is 7.73. The second-order valence-electron chi connectivity index (χ2n) is 15.8. The van der Waals surface area contributed by atoms with Crippen molar-refractivity contribution in [3.63, 3.8) is 0 Å². The fraction of sp³-hybridized carbons (Fsp3) is 0.718. The quantitative estimate of drug-likeness (QED) is 0.167. The molecule has 0 radical (unpaired) electrons. The van der Waals surface area contributed by atoms with Crippen molar-refractivity contribution in [1.29, 1.82) is 0 Å². The molecule has 5 N–H and O–H groups in total. The molecule has 1 aromatic carbocycles. The lowest BCUT2D eigenvalue weighted by Gasteiger charge is -2.41. The maximum Gasteiger partial charge on any atom is 0.327 e. The first kappa shape index (κ1) is 42.9. The number of hydrogen-bond donors (Lipinski definition) is 4. The summed E-state index contributed by atoms with van der Waals surface area (Å²) in [5, 5.41) is 15.9. The van der Waals surface area contributed by atoms with Crippen molar-refractivity contribution in [1.82, 2.24) is 20.4 Å². The summed E-state index contributed by atoms with van der Waals surface area (Å²) in [6.07, 6.45) is 1.94. The van der Waals surface area contributed by atoms with Crippen LogP contribution in [0, 0.1) is 17.8 Å². The van der Waals surface area contributed by atoms with Crippen LogP contribution in [-0.4, -0.2) is 114 Å². The molecule has 0 bridgehead atoms. The van der Waals surface area contributed by atoms with Crippen LogP contribution in [0.5, 0.6) is 0 Å². The van der Waals surface area contributed by atoms with Gasteiger partial charge in [-0.25, -0.2) is 4.79 Å². The predicted octanol–water partition coefficient (Wildman–Crippen LogP) is 3.09. The summed E-state index contributed by atoms with van der Waals surface area (Å²) >= 11 is 0. The topological polar surface area (TPSA) is 181 Å². The third kappa shape index (κ3) is 9.70. The number of aliphatic carboxylic acids is 1. The van der Waals surface area contributed by atoms with Crippen LogP contribution in [0.4, 0.5) is 0 Å². The van der Waals surface area contributed by atoms with Crippen molar-refractivity contribution in [2.45, 2.75) is 134 Å². The average Bonchev–Trinajstić information content (AvgIpc) is 3.76. The Kier molecular flexibility index (Phi) is 14.8. The molecule has 1 saturated heterocycles. The molecule has 1 saturated carbocycles. The van der Waals surface area contributed by atoms with Crippen molar-refractivity contribution in [2.24, 2.45) is 23.5 Å². The number of rotatable bonds is 19. The number of nitrogens with one attached hydrogen (secondary N) is 2. The largest absolute Gasteiger partial charge is 0.480 e. The summed E-state index contributed by atoms with van der Waals surface area (Å²) in [5.41, 5.74) is 5.05. The molecule has 4 amide bonds. The van der Waals surface area contributed by atoms with E-state index in [1.165, 1.54) is 14.2 Å². The van der Waals surface area contributed by atoms with E-state index in [4.69, 9.17) is 15.2 Å². The Morgan fingerprint density at radius 2 is 1.65 bits per heavy atom. The van der Waals surface area contributed by atoms with Gasteiger partial charge in [-0.15, -0.1) is 0 Å². The number of carbonyl (C=O) groups is 5. The van der Waals surface area contributed by atoms with E-state index >= 15 is 0 Å². The van der Waals surface area contributed by atoms with Crippen molar-refractivity contribution in [2.75, 3.05) is 27.8 Å². The zero-order valence-electron chi connectivity index (χ0n) is 32.8. The number of ether oxygens (including phenoxy) is 2. The van der Waals surface area contributed by atoms with Gasteiger partial charge >= 0.3 is 5.97 Å². The number of hydrogen-bond acceptors (Lipinski definition) is 8. The molecule has 8 atom stereocenters. The van der Waals surface area contributed by atoms with Gasteiger partial charge in [-0.1, -0.05) is 71.4 Å². The number of likely N-dealkylation sites (tertiary alicyclic amines) is 1. The zero-order chi connectivity index (χ0) is 39.1. The highest BCUT2D eigenvalue weighted by atomic mass is 16.5. The normalized spacial score (nSPS) is 20.9. The van der Waals surface area contributed by atoms with E-state index in [9.17, 15) is 29.1 Å². The molecule has 52 heavy (non-hydrogen) atoms. The average molecular weight is 730 g/mol. The summed E-state index contributed by atoms with van der Waals surface area (Å²) in [7, 11) is 4.71. The lowest BCUT2D eigenvalue weighted by Crippen LogP contribution is -2.60. The number of carbonyl (C=O) groups excluding carboxylic acids is 4. The molecule has 1 aliphatic heterocycles. The first-order chi connectivity index (χ1) is 24.4. The van der Waals surface area contributed by atoms with Crippen LogP contribution < -0.4 is 16.4 Å². The maximum atomic E-state index is 14.1. The Hall–Kier alpha value is -3.55. The molecular formula is C39H63N5O8. The van der Waals surface area contributed by atoms with Gasteiger partial charge in [-0.2, -0.15) is 0 Å². The Balaban J connectivity index is 1.79. The van der Waals surface area contributed by atoms with Gasteiger partial charge in [0, 0.05) is 33.2 Å². The molecule has 2 fully saturated rings. The highest BCUT2D eigenvalue weighted by molar-refractivity contribution is 5.92. The third-order valence-corrected chi connectivity index (χ3v) is 11.3. The summed E-state index contributed by atoms with van der Waals surface area (Å²) in [6, 6.07) is 6.55. The lowest BCUT2D eigenvalue weighted by atomic mass is 9.87. The Labute approximate surface area is 309 Å². The number of nitrogens with two attached hydrogens (primary N) is 1. The Bertz CT molecular complexity index is 1390. The molecular weight excluding hydrogens is 666 g/mol. The second-order valence-corrected chi connectivity index (χ2v) is 15.8. The van der Waals surface area contributed by atoms with Gasteiger partial charge in [0.25, 0.3) is 0 Å². The molecule has 1 aliphatic carbocycles. The van der Waals surface area contributed by atoms with E-state index in [1.54, 1.807) is 37.6 Å². The monoisotopic (exact) mass is 729 g/mol. The van der Waals surface area contributed by atoms with Crippen molar-refractivity contribution >= 4 is 29.6 Å². The first-order valence-corrected chi connectivity index (χ1v) is 18.7. The van der Waals surface area contributed by atoms with Crippen LogP contribution in [0.1, 0.15) is 92.6 Å². The smallest absolute Gasteiger partial charge is 0.327 e. The molecule has 1 aromatic rings. The molecule has 1 heterocycles. The number of amides is 4. The number of carboxylic acid groups (broad SMARTS) is 1. The summed E-state index contributed by atoms with van der Waals surface area (Å²) in [6.45, 7) is 13.0. The molecule has 2 aliphatic rings. The van der Waals surface area contributed by atoms with Crippen LogP contribution in [0.25, 0.3) is 0 Å². The maximum absolute atomic E-state index is 14.1. The van der Waals surface area contributed by atoms with Crippen LogP contribution >= 0.6 is 0 Å². The SMILES string of the molecule is CC[C@H](C)[C@@H]([C@@H](CC(=O)N1CCC[C@H]1[C@H](OC)[C@@H](C)C(=O)N[C@@H](C(=O)O)C1(c2ccccc2)CC1)OC)N(C)C(=O)[C@@H](NC(=O)C(C)(C)N)C(C)C. The minimum atomic E-state index is -1.17. The van der Waals surface area contributed by atoms with Crippen LogP contribution in [0.2, 0.25) is 0 Å². The standard InChI is InChI=1S/C39H63N5O8/c1-11-24(4)31(43(8)35(47)30(23(2)3)41-37(50)38(6,7)40)28(51-9)22-29(45)44-21-15-18-27(44)32(52-10)25(5)34(46)42-33(36(48)49)39(19-20-39)26-16-13-12-14-17-26/h12-14,16-17,23-25,27-28,30-33H,11,15,18-22,40H2,1-10H3,(H,41,50)(H,42,46)(H,48,49)/t24-,25+,27-,28+,30-,31-,32+,33-/m0/s1. The molecule has 13 heteroatoms. The van der Waals surface area contributed by atoms with Crippen molar-refractivity contribution < 1.29 is 38.6 Å². The molecule has 3 rings (SSSR count). The first-order valence-electron chi connectivity index (χ1n) is 18.7. The van der Waals surface area contributed by atoms with Gasteiger partial charge in [0.15, 0.2) is 0 Å². The fourth-order valence-electron chi connectivity index (χ4n) is 7.73. The molecule has 0 spiro atoms. The second kappa shape index (κ2) is 18.0. The van der Waals surface area contributed by atoms with Gasteiger partial charge in [0.05, 0.1) is 42.2 Å². The summed E-state index contributed by atoms with van der Waals surface area (Å²) < 4.78 is 11.9. The van der Waals surface area contributed by atoms with Crippen molar-refractivity contribution in [3.8, 4) is 0 Å². The number of benzene rings is 1. The number of methoxy groups -OCH3 is 2. The lowest BCUT2D eigenvalue weighted by molar-refractivity contribution is -0.148. The van der Waals surface area contributed by atoms with Crippen LogP contribution in [-0.2, 0) is 38.9 Å². The van der Waals surface area contributed by atoms with Crippen LogP contribution in [0.3, 0.4) is 0 Å². The van der Waals surface area contributed by atoms with E-state index in [1.807, 2.05) is 58.0 Å². The number of carboxylic acids is 1. The third-order valence-electron chi connectivity index (χ3n) is 11.3. The highest BCUT2D eigenvalue weighted by Crippen LogP contribution is 2.51. The predicted molar refractivity (Wildman–Crippen MR) is 198 cm³/mol.